The van der Waals surface area contributed by atoms with Crippen molar-refractivity contribution in [3.63, 3.8) is 0 Å². The van der Waals surface area contributed by atoms with Crippen LogP contribution < -0.4 is 10.6 Å². The van der Waals surface area contributed by atoms with Gasteiger partial charge in [0.25, 0.3) is 0 Å². The van der Waals surface area contributed by atoms with Crippen LogP contribution in [0.25, 0.3) is 11.6 Å². The summed E-state index contributed by atoms with van der Waals surface area (Å²) in [6, 6.07) is -0.0509. The molecule has 2 heterocycles. The highest BCUT2D eigenvalue weighted by Gasteiger charge is 2.37. The third kappa shape index (κ3) is 6.20. The number of aromatic nitrogens is 5. The van der Waals surface area contributed by atoms with Gasteiger partial charge in [0.05, 0.1) is 0 Å². The van der Waals surface area contributed by atoms with Gasteiger partial charge in [-0.1, -0.05) is 0 Å². The van der Waals surface area contributed by atoms with Gasteiger partial charge in [-0.05, 0) is 31.7 Å². The maximum absolute atomic E-state index is 13.5. The smallest absolute Gasteiger partial charge is 0.351 e. The van der Waals surface area contributed by atoms with Gasteiger partial charge in [-0.2, -0.15) is 28.1 Å². The van der Waals surface area contributed by atoms with Crippen LogP contribution in [0.15, 0.2) is 12.3 Å². The molecule has 2 aliphatic carbocycles. The van der Waals surface area contributed by atoms with Crippen LogP contribution in [-0.2, 0) is 6.18 Å². The molecule has 186 valence electrons. The summed E-state index contributed by atoms with van der Waals surface area (Å²) in [6.07, 6.45) is -4.48. The normalized spacial score (nSPS) is 21.3. The number of rotatable bonds is 5. The third-order valence-corrected chi connectivity index (χ3v) is 5.88. The average molecular weight is 493 g/mol. The van der Waals surface area contributed by atoms with Gasteiger partial charge in [-0.15, -0.1) is 0 Å². The molecule has 2 aliphatic rings. The van der Waals surface area contributed by atoms with Crippen molar-refractivity contribution < 1.29 is 30.7 Å². The van der Waals surface area contributed by atoms with E-state index in [0.29, 0.717) is 6.07 Å². The van der Waals surface area contributed by atoms with Crippen molar-refractivity contribution in [1.82, 2.24) is 24.9 Å². The zero-order valence-electron chi connectivity index (χ0n) is 17.8. The molecule has 2 aromatic rings. The van der Waals surface area contributed by atoms with E-state index >= 15 is 0 Å². The first-order valence-electron chi connectivity index (χ1n) is 10.8. The molecule has 34 heavy (non-hydrogen) atoms. The van der Waals surface area contributed by atoms with Crippen molar-refractivity contribution in [2.75, 3.05) is 10.6 Å². The lowest BCUT2D eigenvalue weighted by molar-refractivity contribution is -0.141. The number of anilines is 2. The Labute approximate surface area is 190 Å². The summed E-state index contributed by atoms with van der Waals surface area (Å²) >= 11 is 0. The Morgan fingerprint density at radius 2 is 1.18 bits per heavy atom. The molecule has 0 unspecified atom stereocenters. The Balaban J connectivity index is 1.60. The third-order valence-electron chi connectivity index (χ3n) is 5.88. The second-order valence-corrected chi connectivity index (χ2v) is 8.62. The highest BCUT2D eigenvalue weighted by atomic mass is 19.4. The summed E-state index contributed by atoms with van der Waals surface area (Å²) < 4.78 is 93.2. The fraction of sp³-hybridized carbons (Fsp3) is 0.650. The van der Waals surface area contributed by atoms with Crippen LogP contribution in [-0.4, -0.2) is 48.8 Å². The molecule has 14 heteroatoms. The van der Waals surface area contributed by atoms with Crippen molar-refractivity contribution >= 4 is 11.9 Å². The Hall–Kier alpha value is -2.80. The predicted molar refractivity (Wildman–Crippen MR) is 108 cm³/mol. The average Bonchev–Trinajstić information content (AvgIpc) is 2.76. The topological polar surface area (TPSA) is 88.5 Å². The van der Waals surface area contributed by atoms with E-state index in [1.54, 1.807) is 0 Å². The fourth-order valence-electron chi connectivity index (χ4n) is 3.96. The highest BCUT2D eigenvalue weighted by Crippen LogP contribution is 2.35. The predicted octanol–water partition coefficient (Wildman–Crippen LogP) is 5.33. The van der Waals surface area contributed by atoms with E-state index in [1.807, 2.05) is 0 Å². The first kappa shape index (κ1) is 24.3. The van der Waals surface area contributed by atoms with Crippen molar-refractivity contribution in [2.24, 2.45) is 0 Å². The molecule has 0 amide bonds. The molecule has 7 nitrogen and oxygen atoms in total. The fourth-order valence-corrected chi connectivity index (χ4v) is 3.96. The second-order valence-electron chi connectivity index (χ2n) is 8.62. The molecule has 0 bridgehead atoms. The maximum atomic E-state index is 13.5. The number of halogens is 7. The van der Waals surface area contributed by atoms with Crippen LogP contribution in [0.3, 0.4) is 0 Å². The van der Waals surface area contributed by atoms with Gasteiger partial charge in [0.2, 0.25) is 29.6 Å². The largest absolute Gasteiger partial charge is 0.433 e. The van der Waals surface area contributed by atoms with Gasteiger partial charge >= 0.3 is 6.18 Å². The molecular weight excluding hydrogens is 471 g/mol. The minimum absolute atomic E-state index is 0.0510. The van der Waals surface area contributed by atoms with Gasteiger partial charge in [0, 0.05) is 44.0 Å². The molecule has 0 atom stereocenters. The summed E-state index contributed by atoms with van der Waals surface area (Å²) in [5, 5.41) is 5.86. The Bertz CT molecular complexity index is 947. The molecule has 0 saturated heterocycles. The summed E-state index contributed by atoms with van der Waals surface area (Å²) in [4.78, 5) is 19.7. The van der Waals surface area contributed by atoms with Gasteiger partial charge < -0.3 is 10.6 Å². The SMILES string of the molecule is FC1(F)CCC(Nc2nc(NC3CCC(F)(F)CC3)nc(-c3nccc(C(F)(F)F)n3)n2)CC1. The van der Waals surface area contributed by atoms with E-state index < -0.39 is 29.5 Å². The van der Waals surface area contributed by atoms with E-state index in [1.165, 1.54) is 0 Å². The number of alkyl halides is 7. The van der Waals surface area contributed by atoms with Crippen LogP contribution in [0.1, 0.15) is 57.1 Å². The molecule has 0 aliphatic heterocycles. The molecule has 0 radical (unpaired) electrons. The molecule has 4 rings (SSSR count). The first-order valence-corrected chi connectivity index (χ1v) is 10.8. The maximum Gasteiger partial charge on any atom is 0.433 e. The van der Waals surface area contributed by atoms with Gasteiger partial charge in [0.15, 0.2) is 5.82 Å². The molecule has 2 saturated carbocycles. The van der Waals surface area contributed by atoms with Crippen molar-refractivity contribution in [3.8, 4) is 11.6 Å². The van der Waals surface area contributed by atoms with E-state index in [0.717, 1.165) is 6.20 Å². The highest BCUT2D eigenvalue weighted by molar-refractivity contribution is 5.50. The van der Waals surface area contributed by atoms with Gasteiger partial charge in [-0.25, -0.2) is 27.5 Å². The lowest BCUT2D eigenvalue weighted by Gasteiger charge is -2.29. The van der Waals surface area contributed by atoms with Crippen LogP contribution in [0.4, 0.5) is 42.6 Å². The van der Waals surface area contributed by atoms with Gasteiger partial charge in [-0.3, -0.25) is 0 Å². The zero-order valence-corrected chi connectivity index (χ0v) is 17.8. The quantitative estimate of drug-likeness (QED) is 0.545. The van der Waals surface area contributed by atoms with Crippen molar-refractivity contribution in [3.05, 3.63) is 18.0 Å². The van der Waals surface area contributed by atoms with Crippen LogP contribution >= 0.6 is 0 Å². The van der Waals surface area contributed by atoms with E-state index in [-0.39, 0.29) is 81.2 Å². The van der Waals surface area contributed by atoms with E-state index in [4.69, 9.17) is 0 Å². The number of nitrogens with zero attached hydrogens (tertiary/aromatic N) is 5. The summed E-state index contributed by atoms with van der Waals surface area (Å²) in [6.45, 7) is 0. The van der Waals surface area contributed by atoms with E-state index in [2.05, 4.69) is 35.6 Å². The molecule has 2 fully saturated rings. The molecular formula is C20H22F7N7. The van der Waals surface area contributed by atoms with Crippen LogP contribution in [0.5, 0.6) is 0 Å². The Morgan fingerprint density at radius 3 is 1.62 bits per heavy atom. The standard InChI is InChI=1S/C20H22F7N7/c21-18(22)6-1-11(2-7-18)29-16-32-15(14-28-10-5-13(31-14)20(25,26)27)33-17(34-16)30-12-3-8-19(23,24)9-4-12/h5,10-12H,1-4,6-9H2,(H2,29,30,32,33,34). The first-order chi connectivity index (χ1) is 15.9. The minimum atomic E-state index is -4.71. The zero-order chi connectivity index (χ0) is 24.6. The molecule has 2 aromatic heterocycles. The molecule has 0 aromatic carbocycles. The second kappa shape index (κ2) is 9.10. The number of hydrogen-bond donors (Lipinski definition) is 2. The number of nitrogens with one attached hydrogen (secondary N) is 2. The lowest BCUT2D eigenvalue weighted by Crippen LogP contribution is -2.33. The lowest BCUT2D eigenvalue weighted by atomic mass is 9.92. The summed E-state index contributed by atoms with van der Waals surface area (Å²) in [5.74, 6) is -6.27. The summed E-state index contributed by atoms with van der Waals surface area (Å²) in [7, 11) is 0. The molecule has 2 N–H and O–H groups in total. The summed E-state index contributed by atoms with van der Waals surface area (Å²) in [5.41, 5.74) is -1.19. The monoisotopic (exact) mass is 493 g/mol. The Morgan fingerprint density at radius 1 is 0.706 bits per heavy atom. The Kier molecular flexibility index (Phi) is 6.51. The van der Waals surface area contributed by atoms with Gasteiger partial charge in [0.1, 0.15) is 5.69 Å². The van der Waals surface area contributed by atoms with Crippen LogP contribution in [0, 0.1) is 0 Å². The molecule has 0 spiro atoms. The minimum Gasteiger partial charge on any atom is -0.351 e. The van der Waals surface area contributed by atoms with E-state index in [9.17, 15) is 30.7 Å². The number of hydrogen-bond acceptors (Lipinski definition) is 7. The van der Waals surface area contributed by atoms with Crippen molar-refractivity contribution in [1.29, 1.82) is 0 Å². The van der Waals surface area contributed by atoms with Crippen LogP contribution in [0.2, 0.25) is 0 Å². The van der Waals surface area contributed by atoms with Crippen molar-refractivity contribution in [2.45, 2.75) is 81.5 Å².